The second kappa shape index (κ2) is 10.8. The summed E-state index contributed by atoms with van der Waals surface area (Å²) in [5, 5.41) is 11.9. The van der Waals surface area contributed by atoms with Gasteiger partial charge in [0.25, 0.3) is 0 Å². The third-order valence-corrected chi connectivity index (χ3v) is 8.92. The zero-order valence-corrected chi connectivity index (χ0v) is 22.9. The number of carbonyl (C=O) groups excluding carboxylic acids is 2. The molecule has 214 valence electrons. The van der Waals surface area contributed by atoms with E-state index in [0.29, 0.717) is 42.1 Å². The molecule has 3 fully saturated rings. The molecule has 2 aromatic carbocycles. The second-order valence-corrected chi connectivity index (χ2v) is 11.8. The van der Waals surface area contributed by atoms with E-state index >= 15 is 0 Å². The van der Waals surface area contributed by atoms with E-state index in [2.05, 4.69) is 29.6 Å². The number of aliphatic hydroxyl groups is 1. The largest absolute Gasteiger partial charge is 0.456 e. The van der Waals surface area contributed by atoms with E-state index in [-0.39, 0.29) is 25.5 Å². The number of esters is 1. The lowest BCUT2D eigenvalue weighted by Gasteiger charge is -2.30. The zero-order chi connectivity index (χ0) is 28.0. The minimum atomic E-state index is -0.851. The molecule has 0 aromatic heterocycles. The van der Waals surface area contributed by atoms with Crippen molar-refractivity contribution in [3.63, 3.8) is 0 Å². The third-order valence-electron chi connectivity index (χ3n) is 8.92. The van der Waals surface area contributed by atoms with E-state index in [0.717, 1.165) is 24.8 Å². The van der Waals surface area contributed by atoms with Crippen LogP contribution in [0.15, 0.2) is 66.3 Å². The first-order valence-electron chi connectivity index (χ1n) is 14.7. The van der Waals surface area contributed by atoms with Crippen LogP contribution in [0.4, 0.5) is 0 Å². The van der Waals surface area contributed by atoms with Crippen LogP contribution in [0, 0.1) is 5.92 Å². The predicted octanol–water partition coefficient (Wildman–Crippen LogP) is 3.51. The van der Waals surface area contributed by atoms with Gasteiger partial charge in [-0.3, -0.25) is 4.79 Å². The average Bonchev–Trinajstić information content (AvgIpc) is 3.54. The summed E-state index contributed by atoms with van der Waals surface area (Å²) in [5.74, 6) is -1.10. The SMILES string of the molecule is O=C(NCCO)C1=CC2OC3(Cc4ccccc4C3)OC2C(OC(=O)c2ccc(C=CC3CCC4OC4C3)cc2)C1. The minimum Gasteiger partial charge on any atom is -0.456 e. The molecule has 6 atom stereocenters. The van der Waals surface area contributed by atoms with Crippen LogP contribution in [-0.2, 0) is 36.6 Å². The normalized spacial score (nSPS) is 30.8. The summed E-state index contributed by atoms with van der Waals surface area (Å²) < 4.78 is 24.7. The number of ether oxygens (including phenoxy) is 4. The topological polar surface area (TPSA) is 107 Å². The number of fused-ring (bicyclic) bond motifs is 3. The van der Waals surface area contributed by atoms with Crippen LogP contribution in [0.2, 0.25) is 0 Å². The summed E-state index contributed by atoms with van der Waals surface area (Å²) in [4.78, 5) is 26.1. The molecule has 6 unspecified atom stereocenters. The van der Waals surface area contributed by atoms with Crippen LogP contribution in [0.5, 0.6) is 0 Å². The summed E-state index contributed by atoms with van der Waals surface area (Å²) in [7, 11) is 0. The van der Waals surface area contributed by atoms with Crippen LogP contribution in [0.3, 0.4) is 0 Å². The molecule has 2 N–H and O–H groups in total. The molecular formula is C33H35NO7. The Morgan fingerprint density at radius 2 is 1.80 bits per heavy atom. The maximum absolute atomic E-state index is 13.3. The number of rotatable bonds is 7. The highest BCUT2D eigenvalue weighted by Crippen LogP contribution is 2.45. The molecule has 8 nitrogen and oxygen atoms in total. The molecule has 0 radical (unpaired) electrons. The van der Waals surface area contributed by atoms with Gasteiger partial charge in [-0.15, -0.1) is 0 Å². The Labute approximate surface area is 239 Å². The number of aliphatic hydroxyl groups excluding tert-OH is 1. The summed E-state index contributed by atoms with van der Waals surface area (Å²) in [6.45, 7) is -0.0204. The Bertz CT molecular complexity index is 1360. The van der Waals surface area contributed by atoms with Crippen LogP contribution < -0.4 is 5.32 Å². The van der Waals surface area contributed by atoms with Crippen molar-refractivity contribution in [2.75, 3.05) is 13.2 Å². The number of carbonyl (C=O) groups is 2. The number of allylic oxidation sites excluding steroid dienone is 1. The van der Waals surface area contributed by atoms with E-state index < -0.39 is 30.1 Å². The van der Waals surface area contributed by atoms with Crippen LogP contribution >= 0.6 is 0 Å². The van der Waals surface area contributed by atoms with Crippen LogP contribution in [-0.4, -0.2) is 66.4 Å². The molecule has 2 saturated heterocycles. The van der Waals surface area contributed by atoms with Gasteiger partial charge in [0.15, 0.2) is 5.79 Å². The van der Waals surface area contributed by atoms with Crippen LogP contribution in [0.1, 0.15) is 52.7 Å². The van der Waals surface area contributed by atoms with Gasteiger partial charge in [0, 0.05) is 31.4 Å². The molecule has 0 bridgehead atoms. The molecule has 1 spiro atoms. The number of epoxide rings is 1. The fourth-order valence-corrected chi connectivity index (χ4v) is 6.74. The molecule has 8 heteroatoms. The van der Waals surface area contributed by atoms with Crippen molar-refractivity contribution in [3.8, 4) is 0 Å². The third kappa shape index (κ3) is 5.49. The first-order valence-corrected chi connectivity index (χ1v) is 14.7. The number of nitrogens with one attached hydrogen (secondary N) is 1. The standard InChI is InChI=1S/C33H35NO7/c35-14-13-34-31(36)25-16-28(30-29(17-25)40-33(41-30)18-23-3-1-2-4-24(23)19-33)39-32(37)22-10-7-20(8-11-22)5-6-21-9-12-26-27(15-21)38-26/h1-8,10-11,17,21,26-30,35H,9,12-16,18-19H2,(H,34,36). The van der Waals surface area contributed by atoms with Gasteiger partial charge in [0.05, 0.1) is 24.4 Å². The summed E-state index contributed by atoms with van der Waals surface area (Å²) in [5.41, 5.74) is 4.27. The van der Waals surface area contributed by atoms with Crippen LogP contribution in [0.25, 0.3) is 6.08 Å². The van der Waals surface area contributed by atoms with Crippen molar-refractivity contribution in [3.05, 3.63) is 88.5 Å². The minimum absolute atomic E-state index is 0.141. The highest BCUT2D eigenvalue weighted by Gasteiger charge is 2.55. The summed E-state index contributed by atoms with van der Waals surface area (Å²) in [6.07, 6.45) is 10.1. The molecule has 41 heavy (non-hydrogen) atoms. The second-order valence-electron chi connectivity index (χ2n) is 11.8. The van der Waals surface area contributed by atoms with E-state index in [1.54, 1.807) is 18.2 Å². The predicted molar refractivity (Wildman–Crippen MR) is 150 cm³/mol. The maximum Gasteiger partial charge on any atom is 0.338 e. The number of amides is 1. The number of benzene rings is 2. The maximum atomic E-state index is 13.3. The molecule has 5 aliphatic rings. The molecule has 2 aromatic rings. The molecule has 1 amide bonds. The molecule has 2 aliphatic heterocycles. The van der Waals surface area contributed by atoms with Gasteiger partial charge in [-0.25, -0.2) is 4.79 Å². The van der Waals surface area contributed by atoms with Gasteiger partial charge < -0.3 is 29.4 Å². The fraction of sp³-hybridized carbons (Fsp3) is 0.455. The average molecular weight is 558 g/mol. The lowest BCUT2D eigenvalue weighted by Crippen LogP contribution is -2.44. The summed E-state index contributed by atoms with van der Waals surface area (Å²) in [6, 6.07) is 15.5. The number of hydrogen-bond donors (Lipinski definition) is 2. The zero-order valence-electron chi connectivity index (χ0n) is 22.9. The number of hydrogen-bond acceptors (Lipinski definition) is 7. The highest BCUT2D eigenvalue weighted by atomic mass is 16.8. The van der Waals surface area contributed by atoms with Crippen molar-refractivity contribution in [2.45, 2.75) is 74.8 Å². The quantitative estimate of drug-likeness (QED) is 0.396. The van der Waals surface area contributed by atoms with E-state index in [4.69, 9.17) is 24.1 Å². The lowest BCUT2D eigenvalue weighted by molar-refractivity contribution is -0.172. The molecule has 3 aliphatic carbocycles. The lowest BCUT2D eigenvalue weighted by atomic mass is 9.89. The monoisotopic (exact) mass is 557 g/mol. The smallest absolute Gasteiger partial charge is 0.338 e. The Balaban J connectivity index is 1.05. The molecule has 1 saturated carbocycles. The highest BCUT2D eigenvalue weighted by molar-refractivity contribution is 5.94. The Morgan fingerprint density at radius 1 is 1.02 bits per heavy atom. The van der Waals surface area contributed by atoms with Gasteiger partial charge in [-0.1, -0.05) is 48.6 Å². The van der Waals surface area contributed by atoms with Crippen molar-refractivity contribution >= 4 is 18.0 Å². The Hall–Kier alpha value is -3.30. The first kappa shape index (κ1) is 26.6. The van der Waals surface area contributed by atoms with Gasteiger partial charge in [-0.05, 0) is 60.1 Å². The molecular weight excluding hydrogens is 522 g/mol. The van der Waals surface area contributed by atoms with Gasteiger partial charge in [0.1, 0.15) is 18.3 Å². The van der Waals surface area contributed by atoms with Crippen molar-refractivity contribution in [1.82, 2.24) is 5.32 Å². The van der Waals surface area contributed by atoms with E-state index in [9.17, 15) is 9.59 Å². The first-order chi connectivity index (χ1) is 20.0. The Morgan fingerprint density at radius 3 is 2.54 bits per heavy atom. The molecule has 2 heterocycles. The van der Waals surface area contributed by atoms with Gasteiger partial charge in [0.2, 0.25) is 5.91 Å². The van der Waals surface area contributed by atoms with Crippen molar-refractivity contribution in [2.24, 2.45) is 5.92 Å². The van der Waals surface area contributed by atoms with Gasteiger partial charge >= 0.3 is 5.97 Å². The molecule has 7 rings (SSSR count). The fourth-order valence-electron chi connectivity index (χ4n) is 6.74. The van der Waals surface area contributed by atoms with E-state index in [1.807, 2.05) is 24.3 Å². The van der Waals surface area contributed by atoms with E-state index in [1.165, 1.54) is 11.1 Å². The van der Waals surface area contributed by atoms with Gasteiger partial charge in [-0.2, -0.15) is 0 Å². The van der Waals surface area contributed by atoms with Crippen molar-refractivity contribution in [1.29, 1.82) is 0 Å². The Kier molecular flexibility index (Phi) is 7.03. The summed E-state index contributed by atoms with van der Waals surface area (Å²) >= 11 is 0. The van der Waals surface area contributed by atoms with Crippen molar-refractivity contribution < 1.29 is 33.6 Å².